The zero-order valence-corrected chi connectivity index (χ0v) is 16.7. The van der Waals surface area contributed by atoms with Gasteiger partial charge in [0.2, 0.25) is 0 Å². The van der Waals surface area contributed by atoms with Crippen molar-refractivity contribution >= 4 is 18.2 Å². The van der Waals surface area contributed by atoms with Gasteiger partial charge in [0.05, 0.1) is 0 Å². The standard InChI is InChI=1S/C23H30S/c1-22(2,3)19-11-7-17(8-12-19)21(15-16-24)18-9-13-20(14-10-18)23(4,5)6/h7-15,24H,16H2,1-6H3. The van der Waals surface area contributed by atoms with Crippen LogP contribution in [0, 0.1) is 0 Å². The van der Waals surface area contributed by atoms with Gasteiger partial charge in [0.25, 0.3) is 0 Å². The summed E-state index contributed by atoms with van der Waals surface area (Å²) in [5.41, 5.74) is 6.84. The van der Waals surface area contributed by atoms with Gasteiger partial charge in [-0.25, -0.2) is 0 Å². The van der Waals surface area contributed by atoms with Gasteiger partial charge in [-0.1, -0.05) is 96.1 Å². The molecule has 2 rings (SSSR count). The molecule has 0 saturated heterocycles. The Bertz CT molecular complexity index is 630. The number of rotatable bonds is 3. The number of hydrogen-bond donors (Lipinski definition) is 1. The summed E-state index contributed by atoms with van der Waals surface area (Å²) >= 11 is 4.42. The molecule has 0 aromatic heterocycles. The molecule has 0 amide bonds. The lowest BCUT2D eigenvalue weighted by Crippen LogP contribution is -2.11. The largest absolute Gasteiger partial charge is 0.175 e. The highest BCUT2D eigenvalue weighted by molar-refractivity contribution is 7.80. The van der Waals surface area contributed by atoms with Crippen molar-refractivity contribution in [1.29, 1.82) is 0 Å². The molecule has 24 heavy (non-hydrogen) atoms. The van der Waals surface area contributed by atoms with Crippen molar-refractivity contribution in [3.8, 4) is 0 Å². The molecule has 1 heteroatoms. The van der Waals surface area contributed by atoms with Crippen LogP contribution in [0.4, 0.5) is 0 Å². The molecular weight excluding hydrogens is 308 g/mol. The van der Waals surface area contributed by atoms with E-state index in [4.69, 9.17) is 0 Å². The number of benzene rings is 2. The van der Waals surface area contributed by atoms with Crippen LogP contribution in [-0.4, -0.2) is 5.75 Å². The summed E-state index contributed by atoms with van der Waals surface area (Å²) in [5, 5.41) is 0. The van der Waals surface area contributed by atoms with E-state index >= 15 is 0 Å². The summed E-state index contributed by atoms with van der Waals surface area (Å²) in [7, 11) is 0. The van der Waals surface area contributed by atoms with Crippen LogP contribution in [0.25, 0.3) is 5.57 Å². The highest BCUT2D eigenvalue weighted by Gasteiger charge is 2.15. The lowest BCUT2D eigenvalue weighted by Gasteiger charge is -2.21. The first-order chi connectivity index (χ1) is 11.1. The van der Waals surface area contributed by atoms with Gasteiger partial charge in [0.15, 0.2) is 0 Å². The zero-order valence-electron chi connectivity index (χ0n) is 15.9. The second-order valence-corrected chi connectivity index (χ2v) is 8.82. The lowest BCUT2D eigenvalue weighted by molar-refractivity contribution is 0.590. The van der Waals surface area contributed by atoms with E-state index < -0.39 is 0 Å². The predicted octanol–water partition coefficient (Wildman–Crippen LogP) is 6.64. The van der Waals surface area contributed by atoms with E-state index in [2.05, 4.69) is 109 Å². The van der Waals surface area contributed by atoms with Gasteiger partial charge in [0.1, 0.15) is 0 Å². The van der Waals surface area contributed by atoms with Crippen LogP contribution in [0.2, 0.25) is 0 Å². The summed E-state index contributed by atoms with van der Waals surface area (Å²) in [6.45, 7) is 13.5. The van der Waals surface area contributed by atoms with Crippen LogP contribution >= 0.6 is 12.6 Å². The van der Waals surface area contributed by atoms with Crippen LogP contribution < -0.4 is 0 Å². The SMILES string of the molecule is CC(C)(C)c1ccc(C(=CCS)c2ccc(C(C)(C)C)cc2)cc1. The van der Waals surface area contributed by atoms with E-state index in [9.17, 15) is 0 Å². The maximum Gasteiger partial charge on any atom is 0.00919 e. The molecule has 0 N–H and O–H groups in total. The number of hydrogen-bond acceptors (Lipinski definition) is 1. The Morgan fingerprint density at radius 1 is 0.708 bits per heavy atom. The van der Waals surface area contributed by atoms with Crippen LogP contribution in [0.15, 0.2) is 54.6 Å². The molecule has 128 valence electrons. The van der Waals surface area contributed by atoms with Gasteiger partial charge in [-0.2, -0.15) is 12.6 Å². The molecule has 0 saturated carbocycles. The van der Waals surface area contributed by atoms with Gasteiger partial charge in [0, 0.05) is 5.75 Å². The monoisotopic (exact) mass is 338 g/mol. The quantitative estimate of drug-likeness (QED) is 0.596. The fraction of sp³-hybridized carbons (Fsp3) is 0.391. The van der Waals surface area contributed by atoms with E-state index in [1.54, 1.807) is 0 Å². The second kappa shape index (κ2) is 7.19. The fourth-order valence-electron chi connectivity index (χ4n) is 2.79. The average molecular weight is 339 g/mol. The van der Waals surface area contributed by atoms with E-state index in [-0.39, 0.29) is 10.8 Å². The summed E-state index contributed by atoms with van der Waals surface area (Å²) in [4.78, 5) is 0. The molecule has 0 aliphatic heterocycles. The first-order valence-corrected chi connectivity index (χ1v) is 9.29. The van der Waals surface area contributed by atoms with Crippen molar-refractivity contribution in [3.05, 3.63) is 76.9 Å². The highest BCUT2D eigenvalue weighted by Crippen LogP contribution is 2.29. The van der Waals surface area contributed by atoms with Crippen LogP contribution in [0.3, 0.4) is 0 Å². The van der Waals surface area contributed by atoms with E-state index in [0.29, 0.717) is 0 Å². The number of thiol groups is 1. The van der Waals surface area contributed by atoms with Crippen LogP contribution in [0.5, 0.6) is 0 Å². The third-order valence-corrected chi connectivity index (χ3v) is 4.60. The molecule has 0 fully saturated rings. The molecule has 0 unspecified atom stereocenters. The van der Waals surface area contributed by atoms with Crippen LogP contribution in [-0.2, 0) is 10.8 Å². The lowest BCUT2D eigenvalue weighted by atomic mass is 9.84. The van der Waals surface area contributed by atoms with Crippen molar-refractivity contribution in [2.75, 3.05) is 5.75 Å². The third-order valence-electron chi connectivity index (χ3n) is 4.42. The molecule has 0 atom stereocenters. The first kappa shape index (κ1) is 18.9. The fourth-order valence-corrected chi connectivity index (χ4v) is 2.98. The van der Waals surface area contributed by atoms with Crippen molar-refractivity contribution in [2.45, 2.75) is 52.4 Å². The summed E-state index contributed by atoms with van der Waals surface area (Å²) < 4.78 is 0. The Labute approximate surface area is 153 Å². The smallest absolute Gasteiger partial charge is 0.00919 e. The maximum absolute atomic E-state index is 4.42. The highest BCUT2D eigenvalue weighted by atomic mass is 32.1. The molecule has 2 aromatic rings. The Morgan fingerprint density at radius 3 is 1.29 bits per heavy atom. The topological polar surface area (TPSA) is 0 Å². The normalized spacial score (nSPS) is 12.1. The maximum atomic E-state index is 4.42. The minimum Gasteiger partial charge on any atom is -0.175 e. The van der Waals surface area contributed by atoms with E-state index in [1.807, 2.05) is 0 Å². The molecule has 0 nitrogen and oxygen atoms in total. The van der Waals surface area contributed by atoms with Gasteiger partial charge >= 0.3 is 0 Å². The van der Waals surface area contributed by atoms with Gasteiger partial charge in [-0.15, -0.1) is 0 Å². The Hall–Kier alpha value is -1.47. The first-order valence-electron chi connectivity index (χ1n) is 8.66. The minimum atomic E-state index is 0.181. The minimum absolute atomic E-state index is 0.181. The Kier molecular flexibility index (Phi) is 5.65. The van der Waals surface area contributed by atoms with E-state index in [0.717, 1.165) is 5.75 Å². The Morgan fingerprint density at radius 2 is 1.04 bits per heavy atom. The van der Waals surface area contributed by atoms with Crippen molar-refractivity contribution in [1.82, 2.24) is 0 Å². The molecule has 0 heterocycles. The van der Waals surface area contributed by atoms with Gasteiger partial charge in [-0.3, -0.25) is 0 Å². The molecule has 2 aromatic carbocycles. The van der Waals surface area contributed by atoms with Crippen molar-refractivity contribution in [3.63, 3.8) is 0 Å². The van der Waals surface area contributed by atoms with Crippen molar-refractivity contribution < 1.29 is 0 Å². The molecule has 0 aliphatic carbocycles. The zero-order chi connectivity index (χ0) is 18.0. The molecular formula is C23H30S. The van der Waals surface area contributed by atoms with Gasteiger partial charge < -0.3 is 0 Å². The van der Waals surface area contributed by atoms with Gasteiger partial charge in [-0.05, 0) is 38.7 Å². The summed E-state index contributed by atoms with van der Waals surface area (Å²) in [6.07, 6.45) is 2.20. The summed E-state index contributed by atoms with van der Waals surface area (Å²) in [6, 6.07) is 17.9. The summed E-state index contributed by atoms with van der Waals surface area (Å²) in [5.74, 6) is 0.734. The third kappa shape index (κ3) is 4.54. The second-order valence-electron chi connectivity index (χ2n) is 8.46. The molecule has 0 bridgehead atoms. The van der Waals surface area contributed by atoms with E-state index in [1.165, 1.54) is 27.8 Å². The molecule has 0 aliphatic rings. The Balaban J connectivity index is 2.38. The average Bonchev–Trinajstić information content (AvgIpc) is 2.51. The molecule has 0 spiro atoms. The van der Waals surface area contributed by atoms with Crippen LogP contribution in [0.1, 0.15) is 63.8 Å². The predicted molar refractivity (Wildman–Crippen MR) is 111 cm³/mol. The molecule has 0 radical (unpaired) electrons. The van der Waals surface area contributed by atoms with Crippen molar-refractivity contribution in [2.24, 2.45) is 0 Å².